The third-order valence-corrected chi connectivity index (χ3v) is 10.2. The van der Waals surface area contributed by atoms with Crippen molar-refractivity contribution in [2.75, 3.05) is 0 Å². The topological polar surface area (TPSA) is 51.6 Å². The summed E-state index contributed by atoms with van der Waals surface area (Å²) in [5, 5.41) is 6.53. The van der Waals surface area contributed by atoms with Crippen molar-refractivity contribution in [3.8, 4) is 45.0 Å². The van der Waals surface area contributed by atoms with Gasteiger partial charge in [0.15, 0.2) is 0 Å². The Balaban J connectivity index is 1.11. The molecule has 0 aliphatic heterocycles. The Morgan fingerprint density at radius 1 is 0.288 bits per heavy atom. The van der Waals surface area contributed by atoms with Crippen LogP contribution in [0.4, 0.5) is 0 Å². The summed E-state index contributed by atoms with van der Waals surface area (Å²) in [6.45, 7) is 4.21. The predicted molar refractivity (Wildman–Crippen MR) is 216 cm³/mol. The van der Waals surface area contributed by atoms with Crippen LogP contribution in [-0.2, 0) is 0 Å². The van der Waals surface area contributed by atoms with Gasteiger partial charge in [-0.05, 0) is 48.9 Å². The largest absolute Gasteiger partial charge is 0.245 e. The average molecular weight is 665 g/mol. The number of hydrogen-bond donors (Lipinski definition) is 0. The fourth-order valence-electron chi connectivity index (χ4n) is 7.36. The van der Waals surface area contributed by atoms with Crippen LogP contribution in [0, 0.1) is 13.8 Å². The second-order valence-electron chi connectivity index (χ2n) is 13.6. The van der Waals surface area contributed by atoms with Crippen LogP contribution in [0.2, 0.25) is 0 Å². The molecule has 0 atom stereocenters. The van der Waals surface area contributed by atoms with Gasteiger partial charge in [0.05, 0.1) is 44.8 Å². The van der Waals surface area contributed by atoms with E-state index in [0.29, 0.717) is 0 Å². The van der Waals surface area contributed by atoms with Gasteiger partial charge in [0.25, 0.3) is 0 Å². The number of fused-ring (bicyclic) bond motifs is 7. The average Bonchev–Trinajstić information content (AvgIpc) is 3.20. The summed E-state index contributed by atoms with van der Waals surface area (Å²) in [5.41, 5.74) is 14.1. The molecule has 0 amide bonds. The smallest absolute Gasteiger partial charge is 0.0972 e. The Hall–Kier alpha value is -6.78. The van der Waals surface area contributed by atoms with E-state index in [1.807, 2.05) is 0 Å². The second-order valence-corrected chi connectivity index (χ2v) is 13.6. The molecule has 0 aliphatic carbocycles. The fourth-order valence-corrected chi connectivity index (χ4v) is 7.36. The molecule has 0 bridgehead atoms. The van der Waals surface area contributed by atoms with E-state index < -0.39 is 0 Å². The van der Waals surface area contributed by atoms with Gasteiger partial charge in [0.2, 0.25) is 0 Å². The van der Waals surface area contributed by atoms with Gasteiger partial charge in [-0.1, -0.05) is 145 Å². The van der Waals surface area contributed by atoms with Gasteiger partial charge >= 0.3 is 0 Å². The number of pyridine rings is 4. The molecule has 0 aliphatic rings. The molecular weight excluding hydrogens is 633 g/mol. The number of nitrogens with zero attached hydrogens (tertiary/aromatic N) is 4. The summed E-state index contributed by atoms with van der Waals surface area (Å²) in [6, 6.07) is 55.6. The Kier molecular flexibility index (Phi) is 6.90. The van der Waals surface area contributed by atoms with Crippen LogP contribution in [-0.4, -0.2) is 19.9 Å². The molecule has 0 unspecified atom stereocenters. The van der Waals surface area contributed by atoms with Crippen LogP contribution < -0.4 is 0 Å². The lowest BCUT2D eigenvalue weighted by atomic mass is 9.95. The number of aromatic nitrogens is 4. The van der Waals surface area contributed by atoms with E-state index in [9.17, 15) is 0 Å². The molecule has 0 saturated carbocycles. The van der Waals surface area contributed by atoms with Crippen LogP contribution >= 0.6 is 0 Å². The Morgan fingerprint density at radius 3 is 0.962 bits per heavy atom. The van der Waals surface area contributed by atoms with Gasteiger partial charge in [-0.2, -0.15) is 0 Å². The molecule has 10 aromatic rings. The minimum absolute atomic E-state index is 0.901. The summed E-state index contributed by atoms with van der Waals surface area (Å²) in [5.74, 6) is 0. The Morgan fingerprint density at radius 2 is 0.596 bits per heavy atom. The van der Waals surface area contributed by atoms with Crippen molar-refractivity contribution in [1.29, 1.82) is 0 Å². The highest BCUT2D eigenvalue weighted by Gasteiger charge is 2.14. The quantitative estimate of drug-likeness (QED) is 0.176. The molecule has 4 heteroatoms. The molecular formula is C48H32N4. The maximum absolute atomic E-state index is 5.30. The normalized spacial score (nSPS) is 11.7. The highest BCUT2D eigenvalue weighted by Crippen LogP contribution is 2.37. The van der Waals surface area contributed by atoms with Crippen molar-refractivity contribution in [1.82, 2.24) is 19.9 Å². The third-order valence-electron chi connectivity index (χ3n) is 10.2. The standard InChI is InChI=1S/C48H32N4/c1-29-9-13-31(14-10-29)41-25-21-33-17-19-35-23-27-43(51-47(35)45(33)49-41)39-7-3-6-38-37(39)5-4-8-40(38)44-28-24-36-20-18-34-22-26-42(50-46(34)48(36)52-44)32-15-11-30(2)12-16-32/h3-28H,1-2H3. The van der Waals surface area contributed by atoms with E-state index in [4.69, 9.17) is 19.9 Å². The molecule has 6 aromatic carbocycles. The van der Waals surface area contributed by atoms with Gasteiger partial charge in [-0.25, -0.2) is 19.9 Å². The van der Waals surface area contributed by atoms with Gasteiger partial charge in [0, 0.05) is 43.8 Å². The molecule has 4 aromatic heterocycles. The highest BCUT2D eigenvalue weighted by molar-refractivity contribution is 6.08. The van der Waals surface area contributed by atoms with Crippen LogP contribution in [0.5, 0.6) is 0 Å². The molecule has 0 saturated heterocycles. The first-order valence-corrected chi connectivity index (χ1v) is 17.6. The van der Waals surface area contributed by atoms with Crippen LogP contribution in [0.3, 0.4) is 0 Å². The van der Waals surface area contributed by atoms with Crippen molar-refractivity contribution >= 4 is 54.4 Å². The molecule has 0 N–H and O–H groups in total. The minimum Gasteiger partial charge on any atom is -0.245 e. The first-order chi connectivity index (χ1) is 25.6. The van der Waals surface area contributed by atoms with Crippen LogP contribution in [0.1, 0.15) is 11.1 Å². The molecule has 244 valence electrons. The highest BCUT2D eigenvalue weighted by atomic mass is 14.8. The summed E-state index contributed by atoms with van der Waals surface area (Å²) < 4.78 is 0. The maximum atomic E-state index is 5.30. The fraction of sp³-hybridized carbons (Fsp3) is 0.0417. The van der Waals surface area contributed by atoms with E-state index in [-0.39, 0.29) is 0 Å². The number of benzene rings is 6. The number of aryl methyl sites for hydroxylation is 2. The van der Waals surface area contributed by atoms with Crippen LogP contribution in [0.15, 0.2) is 158 Å². The molecule has 52 heavy (non-hydrogen) atoms. The third kappa shape index (κ3) is 5.07. The molecule has 0 fully saturated rings. The van der Waals surface area contributed by atoms with Gasteiger partial charge in [-0.15, -0.1) is 0 Å². The minimum atomic E-state index is 0.901. The number of rotatable bonds is 4. The Labute approximate surface area is 301 Å². The van der Waals surface area contributed by atoms with Crippen molar-refractivity contribution in [2.24, 2.45) is 0 Å². The molecule has 0 radical (unpaired) electrons. The number of hydrogen-bond acceptors (Lipinski definition) is 4. The van der Waals surface area contributed by atoms with E-state index in [1.165, 1.54) is 11.1 Å². The van der Waals surface area contributed by atoms with Crippen molar-refractivity contribution < 1.29 is 0 Å². The monoisotopic (exact) mass is 664 g/mol. The van der Waals surface area contributed by atoms with Gasteiger partial charge < -0.3 is 0 Å². The SMILES string of the molecule is Cc1ccc(-c2ccc3ccc4ccc(-c5cccc6c(-c7ccc8ccc9ccc(-c%10ccc(C)cc%10)nc9c8n7)cccc56)nc4c3n2)cc1. The maximum Gasteiger partial charge on any atom is 0.0972 e. The van der Waals surface area contributed by atoms with Crippen molar-refractivity contribution in [3.63, 3.8) is 0 Å². The Bertz CT molecular complexity index is 2810. The molecule has 10 rings (SSSR count). The summed E-state index contributed by atoms with van der Waals surface area (Å²) in [4.78, 5) is 20.9. The lowest BCUT2D eigenvalue weighted by molar-refractivity contribution is 1.36. The van der Waals surface area contributed by atoms with Crippen LogP contribution in [0.25, 0.3) is 99.4 Å². The van der Waals surface area contributed by atoms with Crippen molar-refractivity contribution in [2.45, 2.75) is 13.8 Å². The van der Waals surface area contributed by atoms with E-state index in [0.717, 1.165) is 99.4 Å². The van der Waals surface area contributed by atoms with E-state index >= 15 is 0 Å². The second kappa shape index (κ2) is 11.9. The molecule has 4 heterocycles. The van der Waals surface area contributed by atoms with Crippen molar-refractivity contribution in [3.05, 3.63) is 169 Å². The predicted octanol–water partition coefficient (Wildman–Crippen LogP) is 12.3. The molecule has 0 spiro atoms. The zero-order valence-corrected chi connectivity index (χ0v) is 28.8. The first kappa shape index (κ1) is 30.1. The first-order valence-electron chi connectivity index (χ1n) is 17.6. The van der Waals surface area contributed by atoms with E-state index in [2.05, 4.69) is 172 Å². The zero-order chi connectivity index (χ0) is 34.8. The molecule has 4 nitrogen and oxygen atoms in total. The summed E-state index contributed by atoms with van der Waals surface area (Å²) >= 11 is 0. The summed E-state index contributed by atoms with van der Waals surface area (Å²) in [7, 11) is 0. The lowest BCUT2D eigenvalue weighted by Crippen LogP contribution is -1.93. The summed E-state index contributed by atoms with van der Waals surface area (Å²) in [6.07, 6.45) is 0. The van der Waals surface area contributed by atoms with Gasteiger partial charge in [0.1, 0.15) is 0 Å². The van der Waals surface area contributed by atoms with E-state index in [1.54, 1.807) is 0 Å². The lowest BCUT2D eigenvalue weighted by Gasteiger charge is -2.13. The van der Waals surface area contributed by atoms with Gasteiger partial charge in [-0.3, -0.25) is 0 Å². The zero-order valence-electron chi connectivity index (χ0n) is 28.8.